The number of benzene rings is 2. The van der Waals surface area contributed by atoms with Gasteiger partial charge in [-0.05, 0) is 28.8 Å². The van der Waals surface area contributed by atoms with E-state index in [4.69, 9.17) is 4.42 Å². The molecular weight excluding hydrogens is 627 g/mol. The first-order valence-electron chi connectivity index (χ1n) is 12.0. The van der Waals surface area contributed by atoms with Crippen molar-refractivity contribution in [2.45, 2.75) is 60.8 Å². The summed E-state index contributed by atoms with van der Waals surface area (Å²) in [5.41, 5.74) is 5.54. The monoisotopic (exact) mass is 661 g/mol. The standard InChI is InChI=1S/C20H14NO.C11H20O2.Ir/c1-20(2)13-7-4-10-16-18(13)17-12(6-3-9-15(17)22-16)19-14(20)8-5-11-21-19;1-10(2,3)8(12)7-9(13)11(4,5)6;/h3-5,7-11H,1-2H3;7,12H,1-6H3;/q-1;;/b;8-7-;. The summed E-state index contributed by atoms with van der Waals surface area (Å²) >= 11 is 0. The molecule has 36 heavy (non-hydrogen) atoms. The molecule has 2 aromatic heterocycles. The number of furan rings is 1. The third-order valence-electron chi connectivity index (χ3n) is 6.62. The quantitative estimate of drug-likeness (QED) is 0.127. The van der Waals surface area contributed by atoms with Crippen LogP contribution in [-0.4, -0.2) is 15.9 Å². The Labute approximate surface area is 227 Å². The maximum absolute atomic E-state index is 11.5. The van der Waals surface area contributed by atoms with Crippen molar-refractivity contribution in [2.24, 2.45) is 10.8 Å². The Morgan fingerprint density at radius 3 is 2.22 bits per heavy atom. The van der Waals surface area contributed by atoms with Crippen molar-refractivity contribution >= 4 is 27.7 Å². The van der Waals surface area contributed by atoms with Crippen molar-refractivity contribution < 1.29 is 34.4 Å². The van der Waals surface area contributed by atoms with Gasteiger partial charge in [0.25, 0.3) is 0 Å². The van der Waals surface area contributed by atoms with Crippen LogP contribution in [0.5, 0.6) is 0 Å². The number of fused-ring (bicyclic) bond motifs is 2. The molecule has 5 heteroatoms. The van der Waals surface area contributed by atoms with Gasteiger partial charge in [-0.15, -0.1) is 17.7 Å². The molecule has 191 valence electrons. The number of allylic oxidation sites excluding steroid dienone is 2. The Morgan fingerprint density at radius 1 is 0.944 bits per heavy atom. The van der Waals surface area contributed by atoms with Crippen LogP contribution in [0, 0.1) is 16.9 Å². The minimum atomic E-state index is -0.417. The Balaban J connectivity index is 0.000000226. The minimum absolute atomic E-state index is 0. The van der Waals surface area contributed by atoms with Gasteiger partial charge in [-0.1, -0.05) is 90.6 Å². The van der Waals surface area contributed by atoms with Crippen LogP contribution in [0.15, 0.2) is 64.9 Å². The van der Waals surface area contributed by atoms with Crippen molar-refractivity contribution in [3.63, 3.8) is 0 Å². The van der Waals surface area contributed by atoms with Crippen LogP contribution in [0.4, 0.5) is 0 Å². The van der Waals surface area contributed by atoms with E-state index in [0.717, 1.165) is 27.8 Å². The molecule has 1 N–H and O–H groups in total. The predicted molar refractivity (Wildman–Crippen MR) is 143 cm³/mol. The summed E-state index contributed by atoms with van der Waals surface area (Å²) in [6, 6.07) is 17.8. The molecule has 0 unspecified atom stereocenters. The summed E-state index contributed by atoms with van der Waals surface area (Å²) in [5.74, 6) is 0.104. The summed E-state index contributed by atoms with van der Waals surface area (Å²) in [7, 11) is 0. The van der Waals surface area contributed by atoms with E-state index < -0.39 is 5.41 Å². The summed E-state index contributed by atoms with van der Waals surface area (Å²) in [5, 5.41) is 11.9. The molecule has 2 heterocycles. The summed E-state index contributed by atoms with van der Waals surface area (Å²) < 4.78 is 6.07. The number of pyridine rings is 1. The van der Waals surface area contributed by atoms with Crippen molar-refractivity contribution in [3.8, 4) is 11.3 Å². The van der Waals surface area contributed by atoms with Gasteiger partial charge in [-0.2, -0.15) is 0 Å². The van der Waals surface area contributed by atoms with Gasteiger partial charge < -0.3 is 14.5 Å². The van der Waals surface area contributed by atoms with Gasteiger partial charge in [-0.25, -0.2) is 0 Å². The maximum atomic E-state index is 11.5. The molecule has 0 aliphatic heterocycles. The van der Waals surface area contributed by atoms with E-state index in [1.165, 1.54) is 22.6 Å². The molecule has 1 radical (unpaired) electrons. The molecule has 0 saturated carbocycles. The van der Waals surface area contributed by atoms with E-state index in [2.05, 4.69) is 43.1 Å². The van der Waals surface area contributed by atoms with E-state index in [9.17, 15) is 9.90 Å². The zero-order chi connectivity index (χ0) is 25.8. The molecule has 0 fully saturated rings. The molecule has 4 aromatic rings. The molecule has 5 rings (SSSR count). The average molecular weight is 661 g/mol. The summed E-state index contributed by atoms with van der Waals surface area (Å²) in [6.45, 7) is 15.6. The van der Waals surface area contributed by atoms with Crippen LogP contribution in [0.3, 0.4) is 0 Å². The number of nitrogens with zero attached hydrogens (tertiary/aromatic N) is 1. The van der Waals surface area contributed by atoms with Gasteiger partial charge in [0, 0.05) is 48.6 Å². The number of carbonyl (C=O) groups excluding carboxylic acids is 1. The van der Waals surface area contributed by atoms with Crippen LogP contribution in [0.25, 0.3) is 33.2 Å². The second kappa shape index (κ2) is 9.61. The van der Waals surface area contributed by atoms with Crippen molar-refractivity contribution in [2.75, 3.05) is 0 Å². The fraction of sp³-hybridized carbons (Fsp3) is 0.355. The first kappa shape index (κ1) is 27.8. The third-order valence-corrected chi connectivity index (χ3v) is 6.62. The Kier molecular flexibility index (Phi) is 7.43. The van der Waals surface area contributed by atoms with Gasteiger partial charge in [-0.3, -0.25) is 4.79 Å². The molecule has 0 atom stereocenters. The fourth-order valence-corrected chi connectivity index (χ4v) is 4.32. The summed E-state index contributed by atoms with van der Waals surface area (Å²) in [6.07, 6.45) is 3.19. The van der Waals surface area contributed by atoms with Gasteiger partial charge >= 0.3 is 0 Å². The molecule has 0 saturated heterocycles. The molecule has 4 nitrogen and oxygen atoms in total. The van der Waals surface area contributed by atoms with Gasteiger partial charge in [0.15, 0.2) is 5.78 Å². The number of aliphatic hydroxyl groups excluding tert-OH is 1. The molecule has 0 amide bonds. The first-order valence-corrected chi connectivity index (χ1v) is 12.0. The smallest absolute Gasteiger partial charge is 0.164 e. The van der Waals surface area contributed by atoms with Crippen LogP contribution in [-0.2, 0) is 30.3 Å². The number of aromatic nitrogens is 1. The number of hydrogen-bond acceptors (Lipinski definition) is 4. The van der Waals surface area contributed by atoms with Gasteiger partial charge in [0.1, 0.15) is 11.3 Å². The number of rotatable bonds is 1. The Bertz CT molecular complexity index is 1460. The third kappa shape index (κ3) is 4.92. The number of hydrogen-bond donors (Lipinski definition) is 1. The number of carbonyl (C=O) groups is 1. The van der Waals surface area contributed by atoms with Crippen LogP contribution >= 0.6 is 0 Å². The van der Waals surface area contributed by atoms with Crippen LogP contribution in [0.1, 0.15) is 66.5 Å². The SMILES string of the molecule is CC(C)(C)C(=O)/C=C(\O)C(C)(C)C.CC1(C)c2cccnc2-c2[c-]ccc3oc4cccc1c4c23.[Ir]. The largest absolute Gasteiger partial charge is 0.512 e. The molecule has 2 aromatic carbocycles. The first-order chi connectivity index (χ1) is 16.2. The molecular formula is C31H34IrNO3-. The van der Waals surface area contributed by atoms with E-state index in [0.29, 0.717) is 0 Å². The van der Waals surface area contributed by atoms with Crippen molar-refractivity contribution in [1.82, 2.24) is 4.98 Å². The normalized spacial score (nSPS) is 14.5. The second-order valence-electron chi connectivity index (χ2n) is 11.8. The molecule has 0 spiro atoms. The minimum Gasteiger partial charge on any atom is -0.512 e. The van der Waals surface area contributed by atoms with E-state index in [1.54, 1.807) is 0 Å². The van der Waals surface area contributed by atoms with Crippen LogP contribution in [0.2, 0.25) is 0 Å². The fourth-order valence-electron chi connectivity index (χ4n) is 4.32. The second-order valence-corrected chi connectivity index (χ2v) is 11.8. The molecule has 0 bridgehead atoms. The molecule has 1 aliphatic carbocycles. The zero-order valence-electron chi connectivity index (χ0n) is 22.2. The Morgan fingerprint density at radius 2 is 1.58 bits per heavy atom. The number of ketones is 1. The van der Waals surface area contributed by atoms with E-state index in [1.807, 2.05) is 72.0 Å². The zero-order valence-corrected chi connectivity index (χ0v) is 24.6. The topological polar surface area (TPSA) is 63.3 Å². The van der Waals surface area contributed by atoms with Crippen LogP contribution < -0.4 is 0 Å². The van der Waals surface area contributed by atoms with Gasteiger partial charge in [0.2, 0.25) is 0 Å². The van der Waals surface area contributed by atoms with E-state index in [-0.39, 0.29) is 42.5 Å². The van der Waals surface area contributed by atoms with Crippen molar-refractivity contribution in [1.29, 1.82) is 0 Å². The Hall–Kier alpha value is -2.75. The number of aliphatic hydroxyl groups is 1. The van der Waals surface area contributed by atoms with Crippen molar-refractivity contribution in [3.05, 3.63) is 77.7 Å². The van der Waals surface area contributed by atoms with Gasteiger partial charge in [0.05, 0.1) is 5.58 Å². The summed E-state index contributed by atoms with van der Waals surface area (Å²) in [4.78, 5) is 16.2. The van der Waals surface area contributed by atoms with E-state index >= 15 is 0 Å². The maximum Gasteiger partial charge on any atom is 0.164 e. The average Bonchev–Trinajstić information content (AvgIpc) is 3.13. The predicted octanol–water partition coefficient (Wildman–Crippen LogP) is 8.17. The molecule has 1 aliphatic rings.